The van der Waals surface area contributed by atoms with E-state index in [0.717, 1.165) is 5.76 Å². The van der Waals surface area contributed by atoms with Gasteiger partial charge in [-0.1, -0.05) is 0 Å². The van der Waals surface area contributed by atoms with Crippen molar-refractivity contribution in [2.45, 2.75) is 26.5 Å². The molecule has 6 nitrogen and oxygen atoms in total. The second-order valence-electron chi connectivity index (χ2n) is 4.52. The summed E-state index contributed by atoms with van der Waals surface area (Å²) < 4.78 is 10.8. The van der Waals surface area contributed by atoms with Crippen molar-refractivity contribution in [1.82, 2.24) is 9.97 Å². The lowest BCUT2D eigenvalue weighted by molar-refractivity contribution is 0.234. The summed E-state index contributed by atoms with van der Waals surface area (Å²) in [4.78, 5) is 10.1. The smallest absolute Gasteiger partial charge is 0.242 e. The largest absolute Gasteiger partial charge is 0.473 e. The van der Waals surface area contributed by atoms with E-state index in [-0.39, 0.29) is 6.10 Å². The molecule has 0 atom stereocenters. The van der Waals surface area contributed by atoms with Gasteiger partial charge in [0.25, 0.3) is 0 Å². The number of anilines is 2. The molecule has 102 valence electrons. The molecule has 2 heterocycles. The SMILES string of the molecule is CC(C)Oc1ncnc(N(C)Cc2ccco2)c1N. The molecule has 0 bridgehead atoms. The number of hydrogen-bond acceptors (Lipinski definition) is 6. The number of aromatic nitrogens is 2. The fourth-order valence-corrected chi connectivity index (χ4v) is 1.70. The van der Waals surface area contributed by atoms with Crippen LogP contribution in [0.25, 0.3) is 0 Å². The average molecular weight is 262 g/mol. The number of nitrogens with zero attached hydrogens (tertiary/aromatic N) is 3. The van der Waals surface area contributed by atoms with Gasteiger partial charge in [0, 0.05) is 7.05 Å². The molecule has 0 spiro atoms. The van der Waals surface area contributed by atoms with Gasteiger partial charge in [-0.2, -0.15) is 4.98 Å². The Labute approximate surface area is 112 Å². The van der Waals surface area contributed by atoms with E-state index in [1.807, 2.05) is 37.9 Å². The van der Waals surface area contributed by atoms with Gasteiger partial charge in [0.05, 0.1) is 18.9 Å². The van der Waals surface area contributed by atoms with Gasteiger partial charge in [-0.05, 0) is 26.0 Å². The van der Waals surface area contributed by atoms with Crippen molar-refractivity contribution in [3.05, 3.63) is 30.5 Å². The van der Waals surface area contributed by atoms with E-state index >= 15 is 0 Å². The van der Waals surface area contributed by atoms with E-state index in [1.165, 1.54) is 6.33 Å². The first-order chi connectivity index (χ1) is 9.08. The lowest BCUT2D eigenvalue weighted by Gasteiger charge is -2.20. The van der Waals surface area contributed by atoms with Gasteiger partial charge in [-0.15, -0.1) is 0 Å². The molecule has 0 saturated heterocycles. The first kappa shape index (κ1) is 13.2. The quantitative estimate of drug-likeness (QED) is 0.888. The van der Waals surface area contributed by atoms with Gasteiger partial charge >= 0.3 is 0 Å². The summed E-state index contributed by atoms with van der Waals surface area (Å²) in [7, 11) is 1.89. The van der Waals surface area contributed by atoms with Gasteiger partial charge in [-0.3, -0.25) is 0 Å². The van der Waals surface area contributed by atoms with E-state index in [1.54, 1.807) is 6.26 Å². The molecule has 0 aliphatic rings. The monoisotopic (exact) mass is 262 g/mol. The van der Waals surface area contributed by atoms with Gasteiger partial charge in [0.15, 0.2) is 5.82 Å². The highest BCUT2D eigenvalue weighted by Gasteiger charge is 2.15. The summed E-state index contributed by atoms with van der Waals surface area (Å²) in [5.74, 6) is 1.88. The molecule has 0 aliphatic heterocycles. The lowest BCUT2D eigenvalue weighted by Crippen LogP contribution is -2.20. The van der Waals surface area contributed by atoms with Crippen LogP contribution in [0.1, 0.15) is 19.6 Å². The van der Waals surface area contributed by atoms with Crippen molar-refractivity contribution in [3.63, 3.8) is 0 Å². The molecule has 0 aromatic carbocycles. The van der Waals surface area contributed by atoms with Crippen molar-refractivity contribution >= 4 is 11.5 Å². The Bertz CT molecular complexity index is 525. The second-order valence-corrected chi connectivity index (χ2v) is 4.52. The van der Waals surface area contributed by atoms with Crippen molar-refractivity contribution in [2.75, 3.05) is 17.7 Å². The second kappa shape index (κ2) is 5.60. The minimum Gasteiger partial charge on any atom is -0.473 e. The van der Waals surface area contributed by atoms with E-state index in [2.05, 4.69) is 9.97 Å². The normalized spacial score (nSPS) is 10.7. The Morgan fingerprint density at radius 3 is 2.84 bits per heavy atom. The summed E-state index contributed by atoms with van der Waals surface area (Å²) in [6.07, 6.45) is 3.10. The van der Waals surface area contributed by atoms with Crippen molar-refractivity contribution in [1.29, 1.82) is 0 Å². The summed E-state index contributed by atoms with van der Waals surface area (Å²) >= 11 is 0. The zero-order valence-corrected chi connectivity index (χ0v) is 11.3. The van der Waals surface area contributed by atoms with Crippen LogP contribution in [0, 0.1) is 0 Å². The van der Waals surface area contributed by atoms with Crippen LogP contribution in [0.3, 0.4) is 0 Å². The standard InChI is InChI=1S/C13H18N4O2/c1-9(2)19-13-11(14)12(15-8-16-13)17(3)7-10-5-4-6-18-10/h4-6,8-9H,7,14H2,1-3H3. The van der Waals surface area contributed by atoms with Gasteiger partial charge < -0.3 is 19.8 Å². The number of rotatable bonds is 5. The Morgan fingerprint density at radius 2 is 2.21 bits per heavy atom. The van der Waals surface area contributed by atoms with Crippen molar-refractivity contribution in [2.24, 2.45) is 0 Å². The van der Waals surface area contributed by atoms with E-state index in [0.29, 0.717) is 23.9 Å². The van der Waals surface area contributed by atoms with Crippen molar-refractivity contribution < 1.29 is 9.15 Å². The molecule has 6 heteroatoms. The Hall–Kier alpha value is -2.24. The molecule has 19 heavy (non-hydrogen) atoms. The molecule has 2 aromatic heterocycles. The molecule has 0 saturated carbocycles. The fraction of sp³-hybridized carbons (Fsp3) is 0.385. The van der Waals surface area contributed by atoms with Crippen LogP contribution in [-0.4, -0.2) is 23.1 Å². The van der Waals surface area contributed by atoms with Gasteiger partial charge in [0.2, 0.25) is 5.88 Å². The minimum atomic E-state index is 0.0143. The molecule has 0 aliphatic carbocycles. The highest BCUT2D eigenvalue weighted by molar-refractivity contribution is 5.67. The Kier molecular flexibility index (Phi) is 3.89. The molecule has 2 N–H and O–H groups in total. The molecule has 0 fully saturated rings. The summed E-state index contributed by atoms with van der Waals surface area (Å²) in [5, 5.41) is 0. The van der Waals surface area contributed by atoms with Gasteiger partial charge in [-0.25, -0.2) is 4.98 Å². The highest BCUT2D eigenvalue weighted by atomic mass is 16.5. The third kappa shape index (κ3) is 3.15. The van der Waals surface area contributed by atoms with Crippen LogP contribution in [0.4, 0.5) is 11.5 Å². The van der Waals surface area contributed by atoms with E-state index < -0.39 is 0 Å². The average Bonchev–Trinajstić information content (AvgIpc) is 2.84. The van der Waals surface area contributed by atoms with Gasteiger partial charge in [0.1, 0.15) is 17.8 Å². The van der Waals surface area contributed by atoms with Crippen molar-refractivity contribution in [3.8, 4) is 5.88 Å². The van der Waals surface area contributed by atoms with Crippen LogP contribution in [0.2, 0.25) is 0 Å². The number of nitrogen functional groups attached to an aromatic ring is 1. The third-order valence-corrected chi connectivity index (χ3v) is 2.51. The lowest BCUT2D eigenvalue weighted by atomic mass is 10.3. The first-order valence-corrected chi connectivity index (χ1v) is 6.08. The van der Waals surface area contributed by atoms with Crippen LogP contribution >= 0.6 is 0 Å². The Balaban J connectivity index is 2.19. The summed E-state index contributed by atoms with van der Waals surface area (Å²) in [6.45, 7) is 4.43. The summed E-state index contributed by atoms with van der Waals surface area (Å²) in [5.41, 5.74) is 6.47. The predicted molar refractivity (Wildman–Crippen MR) is 73.0 cm³/mol. The van der Waals surface area contributed by atoms with E-state index in [9.17, 15) is 0 Å². The highest BCUT2D eigenvalue weighted by Crippen LogP contribution is 2.28. The molecule has 0 radical (unpaired) electrons. The molecule has 0 unspecified atom stereocenters. The molecular formula is C13H18N4O2. The zero-order valence-electron chi connectivity index (χ0n) is 11.3. The minimum absolute atomic E-state index is 0.0143. The molecule has 0 amide bonds. The zero-order chi connectivity index (χ0) is 13.8. The molecule has 2 aromatic rings. The van der Waals surface area contributed by atoms with Crippen LogP contribution in [0.5, 0.6) is 5.88 Å². The number of ether oxygens (including phenoxy) is 1. The van der Waals surface area contributed by atoms with E-state index in [4.69, 9.17) is 14.9 Å². The fourth-order valence-electron chi connectivity index (χ4n) is 1.70. The predicted octanol–water partition coefficient (Wildman–Crippen LogP) is 2.08. The maximum atomic E-state index is 6.04. The maximum absolute atomic E-state index is 6.04. The topological polar surface area (TPSA) is 77.4 Å². The van der Waals surface area contributed by atoms with Crippen LogP contribution in [0.15, 0.2) is 29.1 Å². The number of hydrogen-bond donors (Lipinski definition) is 1. The van der Waals surface area contributed by atoms with Crippen LogP contribution in [-0.2, 0) is 6.54 Å². The third-order valence-electron chi connectivity index (χ3n) is 2.51. The number of furan rings is 1. The maximum Gasteiger partial charge on any atom is 0.242 e. The molecular weight excluding hydrogens is 244 g/mol. The Morgan fingerprint density at radius 1 is 1.42 bits per heavy atom. The molecule has 2 rings (SSSR count). The first-order valence-electron chi connectivity index (χ1n) is 6.08. The number of nitrogens with two attached hydrogens (primary N) is 1. The summed E-state index contributed by atoms with van der Waals surface area (Å²) in [6, 6.07) is 3.75. The van der Waals surface area contributed by atoms with Crippen LogP contribution < -0.4 is 15.4 Å².